The van der Waals surface area contributed by atoms with E-state index >= 15 is 0 Å². The summed E-state index contributed by atoms with van der Waals surface area (Å²) in [5.41, 5.74) is 0. The molecule has 4 N–H and O–H groups in total. The van der Waals surface area contributed by atoms with Gasteiger partial charge in [0.2, 0.25) is 0 Å². The minimum atomic E-state index is -1.42. The summed E-state index contributed by atoms with van der Waals surface area (Å²) in [7, 11) is 0. The van der Waals surface area contributed by atoms with Crippen LogP contribution in [0.15, 0.2) is 0 Å². The van der Waals surface area contributed by atoms with Crippen molar-refractivity contribution >= 4 is 12.6 Å². The van der Waals surface area contributed by atoms with E-state index in [1.807, 2.05) is 0 Å². The number of hydrogen-bond donors (Lipinski definition) is 5. The van der Waals surface area contributed by atoms with E-state index in [-0.39, 0.29) is 6.61 Å². The Kier molecular flexibility index (Phi) is 7.42. The molecule has 8 heteroatoms. The highest BCUT2D eigenvalue weighted by atomic mass is 32.1. The van der Waals surface area contributed by atoms with Crippen molar-refractivity contribution in [3.63, 3.8) is 0 Å². The lowest BCUT2D eigenvalue weighted by Crippen LogP contribution is -2.59. The van der Waals surface area contributed by atoms with Crippen LogP contribution in [0.5, 0.6) is 0 Å². The van der Waals surface area contributed by atoms with E-state index in [1.165, 1.54) is 0 Å². The summed E-state index contributed by atoms with van der Waals surface area (Å²) >= 11 is 3.97. The van der Waals surface area contributed by atoms with Crippen molar-refractivity contribution in [2.24, 2.45) is 0 Å². The highest BCUT2D eigenvalue weighted by Crippen LogP contribution is 2.21. The largest absolute Gasteiger partial charge is 0.394 e. The van der Waals surface area contributed by atoms with Crippen LogP contribution in [0.3, 0.4) is 0 Å². The first kappa shape index (κ1) is 16.1. The SMILES string of the molecule is OCC1O[C@@H](OCCOCCS)C(O)C(O)[C@H]1O. The molecule has 0 spiro atoms. The van der Waals surface area contributed by atoms with Crippen molar-refractivity contribution in [1.82, 2.24) is 0 Å². The Bertz CT molecular complexity index is 228. The quantitative estimate of drug-likeness (QED) is 0.265. The monoisotopic (exact) mass is 284 g/mol. The van der Waals surface area contributed by atoms with Crippen molar-refractivity contribution in [3.8, 4) is 0 Å². The Morgan fingerprint density at radius 3 is 2.33 bits per heavy atom. The number of rotatable bonds is 7. The lowest BCUT2D eigenvalue weighted by Gasteiger charge is -2.39. The van der Waals surface area contributed by atoms with Gasteiger partial charge in [0, 0.05) is 5.75 Å². The van der Waals surface area contributed by atoms with Crippen molar-refractivity contribution in [1.29, 1.82) is 0 Å². The molecule has 1 saturated heterocycles. The van der Waals surface area contributed by atoms with E-state index in [2.05, 4.69) is 12.6 Å². The van der Waals surface area contributed by atoms with Gasteiger partial charge in [0.1, 0.15) is 24.4 Å². The molecule has 0 radical (unpaired) electrons. The van der Waals surface area contributed by atoms with Gasteiger partial charge in [-0.25, -0.2) is 0 Å². The molecule has 108 valence electrons. The first-order valence-corrected chi connectivity index (χ1v) is 6.35. The molecule has 1 heterocycles. The smallest absolute Gasteiger partial charge is 0.186 e. The van der Waals surface area contributed by atoms with E-state index in [0.717, 1.165) is 0 Å². The summed E-state index contributed by atoms with van der Waals surface area (Å²) < 4.78 is 15.4. The van der Waals surface area contributed by atoms with E-state index in [9.17, 15) is 15.3 Å². The molecule has 18 heavy (non-hydrogen) atoms. The van der Waals surface area contributed by atoms with Gasteiger partial charge in [-0.05, 0) is 0 Å². The zero-order valence-electron chi connectivity index (χ0n) is 9.88. The molecular weight excluding hydrogens is 264 g/mol. The first-order valence-electron chi connectivity index (χ1n) is 5.72. The van der Waals surface area contributed by atoms with E-state index in [0.29, 0.717) is 19.0 Å². The van der Waals surface area contributed by atoms with Crippen molar-refractivity contribution < 1.29 is 34.6 Å². The third-order valence-corrected chi connectivity index (χ3v) is 2.78. The number of hydrogen-bond acceptors (Lipinski definition) is 8. The summed E-state index contributed by atoms with van der Waals surface area (Å²) in [5, 5.41) is 37.6. The standard InChI is InChI=1S/C10H20O7S/c11-5-6-7(12)8(13)9(14)10(17-6)16-2-1-15-3-4-18/h6-14,18H,1-5H2/t6?,7-,8?,9?,10+/m0/s1. The van der Waals surface area contributed by atoms with Gasteiger partial charge in [-0.3, -0.25) is 0 Å². The topological polar surface area (TPSA) is 109 Å². The fourth-order valence-corrected chi connectivity index (χ4v) is 1.72. The Balaban J connectivity index is 2.35. The van der Waals surface area contributed by atoms with E-state index in [4.69, 9.17) is 19.3 Å². The third kappa shape index (κ3) is 4.32. The molecule has 0 saturated carbocycles. The summed E-state index contributed by atoms with van der Waals surface area (Å²) in [6, 6.07) is 0. The second-order valence-corrected chi connectivity index (χ2v) is 4.35. The molecule has 0 aromatic carbocycles. The van der Waals surface area contributed by atoms with Crippen LogP contribution in [0.25, 0.3) is 0 Å². The van der Waals surface area contributed by atoms with Gasteiger partial charge in [0.25, 0.3) is 0 Å². The summed E-state index contributed by atoms with van der Waals surface area (Å²) in [6.07, 6.45) is -6.20. The molecule has 0 aromatic rings. The highest BCUT2D eigenvalue weighted by molar-refractivity contribution is 7.80. The Hall–Kier alpha value is 0.0700. The van der Waals surface area contributed by atoms with Gasteiger partial charge < -0.3 is 34.6 Å². The fourth-order valence-electron chi connectivity index (χ4n) is 1.59. The molecule has 0 amide bonds. The molecule has 1 rings (SSSR count). The highest BCUT2D eigenvalue weighted by Gasteiger charge is 2.43. The first-order chi connectivity index (χ1) is 8.61. The minimum absolute atomic E-state index is 0.163. The van der Waals surface area contributed by atoms with Crippen LogP contribution < -0.4 is 0 Å². The lowest BCUT2D eigenvalue weighted by molar-refractivity contribution is -0.302. The zero-order valence-corrected chi connectivity index (χ0v) is 10.8. The maximum Gasteiger partial charge on any atom is 0.186 e. The van der Waals surface area contributed by atoms with E-state index < -0.39 is 37.3 Å². The molecule has 1 aliphatic heterocycles. The lowest BCUT2D eigenvalue weighted by atomic mass is 9.99. The molecule has 3 unspecified atom stereocenters. The van der Waals surface area contributed by atoms with Crippen LogP contribution in [0.1, 0.15) is 0 Å². The van der Waals surface area contributed by atoms with Crippen LogP contribution in [0.4, 0.5) is 0 Å². The Morgan fingerprint density at radius 2 is 1.72 bits per heavy atom. The van der Waals surface area contributed by atoms with Gasteiger partial charge in [0.05, 0.1) is 26.4 Å². The Morgan fingerprint density at radius 1 is 1.00 bits per heavy atom. The number of ether oxygens (including phenoxy) is 3. The predicted molar refractivity (Wildman–Crippen MR) is 64.4 cm³/mol. The van der Waals surface area contributed by atoms with E-state index in [1.54, 1.807) is 0 Å². The molecule has 0 aliphatic carbocycles. The number of aliphatic hydroxyl groups excluding tert-OH is 4. The predicted octanol–water partition coefficient (Wildman–Crippen LogP) is -2.25. The van der Waals surface area contributed by atoms with Crippen molar-refractivity contribution in [2.75, 3.05) is 32.2 Å². The van der Waals surface area contributed by atoms with Crippen LogP contribution in [-0.4, -0.2) is 83.3 Å². The molecule has 1 fully saturated rings. The molecule has 0 aromatic heterocycles. The average Bonchev–Trinajstić information content (AvgIpc) is 2.38. The van der Waals surface area contributed by atoms with Gasteiger partial charge in [-0.15, -0.1) is 0 Å². The second-order valence-electron chi connectivity index (χ2n) is 3.90. The van der Waals surface area contributed by atoms with Crippen molar-refractivity contribution in [2.45, 2.75) is 30.7 Å². The second kappa shape index (κ2) is 8.28. The summed E-state index contributed by atoms with van der Waals surface area (Å²) in [6.45, 7) is 0.480. The summed E-state index contributed by atoms with van der Waals surface area (Å²) in [5.74, 6) is 0.597. The zero-order chi connectivity index (χ0) is 13.5. The fraction of sp³-hybridized carbons (Fsp3) is 1.00. The van der Waals surface area contributed by atoms with Crippen LogP contribution in [0, 0.1) is 0 Å². The molecule has 5 atom stereocenters. The molecular formula is C10H20O7S. The van der Waals surface area contributed by atoms with Gasteiger partial charge in [0.15, 0.2) is 6.29 Å². The molecule has 1 aliphatic rings. The van der Waals surface area contributed by atoms with Crippen LogP contribution >= 0.6 is 12.6 Å². The van der Waals surface area contributed by atoms with Crippen LogP contribution in [0.2, 0.25) is 0 Å². The molecule has 7 nitrogen and oxygen atoms in total. The maximum absolute atomic E-state index is 9.63. The molecule has 0 bridgehead atoms. The minimum Gasteiger partial charge on any atom is -0.394 e. The van der Waals surface area contributed by atoms with Gasteiger partial charge in [-0.2, -0.15) is 12.6 Å². The van der Waals surface area contributed by atoms with Crippen LogP contribution in [-0.2, 0) is 14.2 Å². The number of thiol groups is 1. The van der Waals surface area contributed by atoms with Crippen molar-refractivity contribution in [3.05, 3.63) is 0 Å². The van der Waals surface area contributed by atoms with Gasteiger partial charge in [-0.1, -0.05) is 0 Å². The average molecular weight is 284 g/mol. The van der Waals surface area contributed by atoms with Gasteiger partial charge >= 0.3 is 0 Å². The normalized spacial score (nSPS) is 36.8. The Labute approximate surface area is 111 Å². The maximum atomic E-state index is 9.63. The summed E-state index contributed by atoms with van der Waals surface area (Å²) in [4.78, 5) is 0. The number of aliphatic hydroxyl groups is 4. The third-order valence-electron chi connectivity index (χ3n) is 2.59.